The standard InChI is InChI=1S/C15H25NO3S/c1-13(2)11-16-12-14-6-4-7-15(10-14)19-8-5-9-20(3,17)18/h4,6-7,10,13,16H,5,8-9,11-12H2,1-3H3. The van der Waals surface area contributed by atoms with Crippen molar-refractivity contribution in [3.63, 3.8) is 0 Å². The van der Waals surface area contributed by atoms with E-state index < -0.39 is 9.84 Å². The third-order valence-corrected chi connectivity index (χ3v) is 3.74. The Labute approximate surface area is 122 Å². The molecule has 1 aromatic carbocycles. The molecular formula is C15H25NO3S. The SMILES string of the molecule is CC(C)CNCc1cccc(OCCCS(C)(=O)=O)c1. The van der Waals surface area contributed by atoms with E-state index in [2.05, 4.69) is 25.2 Å². The molecule has 0 amide bonds. The van der Waals surface area contributed by atoms with Crippen LogP contribution in [0.4, 0.5) is 0 Å². The van der Waals surface area contributed by atoms with Crippen molar-refractivity contribution in [1.82, 2.24) is 5.32 Å². The van der Waals surface area contributed by atoms with Crippen LogP contribution >= 0.6 is 0 Å². The van der Waals surface area contributed by atoms with Crippen molar-refractivity contribution in [2.75, 3.05) is 25.2 Å². The molecule has 0 radical (unpaired) electrons. The monoisotopic (exact) mass is 299 g/mol. The zero-order valence-corrected chi connectivity index (χ0v) is 13.4. The van der Waals surface area contributed by atoms with Crippen molar-refractivity contribution in [2.45, 2.75) is 26.8 Å². The summed E-state index contributed by atoms with van der Waals surface area (Å²) < 4.78 is 27.6. The minimum absolute atomic E-state index is 0.169. The number of hydrogen-bond acceptors (Lipinski definition) is 4. The fourth-order valence-corrected chi connectivity index (χ4v) is 2.40. The van der Waals surface area contributed by atoms with Gasteiger partial charge in [0, 0.05) is 12.8 Å². The highest BCUT2D eigenvalue weighted by Crippen LogP contribution is 2.13. The van der Waals surface area contributed by atoms with Gasteiger partial charge in [-0.2, -0.15) is 0 Å². The summed E-state index contributed by atoms with van der Waals surface area (Å²) in [5.41, 5.74) is 1.17. The number of benzene rings is 1. The van der Waals surface area contributed by atoms with Gasteiger partial charge < -0.3 is 10.1 Å². The van der Waals surface area contributed by atoms with E-state index in [4.69, 9.17) is 4.74 Å². The van der Waals surface area contributed by atoms with Crippen molar-refractivity contribution in [3.8, 4) is 5.75 Å². The minimum Gasteiger partial charge on any atom is -0.494 e. The van der Waals surface area contributed by atoms with E-state index in [9.17, 15) is 8.42 Å². The lowest BCUT2D eigenvalue weighted by atomic mass is 10.2. The molecule has 1 aromatic rings. The molecule has 1 rings (SSSR count). The molecule has 0 spiro atoms. The lowest BCUT2D eigenvalue weighted by molar-refractivity contribution is 0.317. The zero-order chi connectivity index (χ0) is 15.0. The summed E-state index contributed by atoms with van der Waals surface area (Å²) in [5, 5.41) is 3.38. The number of rotatable bonds is 9. The van der Waals surface area contributed by atoms with Crippen LogP contribution in [0.15, 0.2) is 24.3 Å². The van der Waals surface area contributed by atoms with Gasteiger partial charge in [0.05, 0.1) is 12.4 Å². The molecule has 5 heteroatoms. The highest BCUT2D eigenvalue weighted by molar-refractivity contribution is 7.90. The second kappa shape index (κ2) is 8.27. The van der Waals surface area contributed by atoms with Gasteiger partial charge in [-0.15, -0.1) is 0 Å². The Hall–Kier alpha value is -1.07. The largest absolute Gasteiger partial charge is 0.494 e. The Morgan fingerprint density at radius 1 is 1.30 bits per heavy atom. The van der Waals surface area contributed by atoms with E-state index in [0.29, 0.717) is 18.9 Å². The number of ether oxygens (including phenoxy) is 1. The van der Waals surface area contributed by atoms with Crippen LogP contribution in [0.25, 0.3) is 0 Å². The summed E-state index contributed by atoms with van der Waals surface area (Å²) in [6.07, 6.45) is 1.77. The maximum atomic E-state index is 11.0. The van der Waals surface area contributed by atoms with E-state index in [1.807, 2.05) is 18.2 Å². The van der Waals surface area contributed by atoms with E-state index in [1.54, 1.807) is 0 Å². The Morgan fingerprint density at radius 2 is 2.05 bits per heavy atom. The molecule has 0 saturated carbocycles. The second-order valence-electron chi connectivity index (χ2n) is 5.50. The normalized spacial score (nSPS) is 11.8. The fourth-order valence-electron chi connectivity index (χ4n) is 1.76. The van der Waals surface area contributed by atoms with Gasteiger partial charge in [0.25, 0.3) is 0 Å². The number of hydrogen-bond donors (Lipinski definition) is 1. The molecule has 4 nitrogen and oxygen atoms in total. The van der Waals surface area contributed by atoms with Crippen molar-refractivity contribution in [1.29, 1.82) is 0 Å². The first-order chi connectivity index (χ1) is 9.37. The molecular weight excluding hydrogens is 274 g/mol. The van der Waals surface area contributed by atoms with E-state index >= 15 is 0 Å². The first-order valence-electron chi connectivity index (χ1n) is 6.97. The van der Waals surface area contributed by atoms with Crippen LogP contribution in [0, 0.1) is 5.92 Å². The summed E-state index contributed by atoms with van der Waals surface area (Å²) in [4.78, 5) is 0. The van der Waals surface area contributed by atoms with Crippen LogP contribution in [0.5, 0.6) is 5.75 Å². The molecule has 0 unspecified atom stereocenters. The Bertz CT molecular complexity index is 498. The van der Waals surface area contributed by atoms with Crippen molar-refractivity contribution >= 4 is 9.84 Å². The van der Waals surface area contributed by atoms with Gasteiger partial charge in [0.1, 0.15) is 15.6 Å². The summed E-state index contributed by atoms with van der Waals surface area (Å²) in [7, 11) is -2.90. The predicted octanol–water partition coefficient (Wildman–Crippen LogP) is 2.25. The average molecular weight is 299 g/mol. The Kier molecular flexibility index (Phi) is 7.02. The van der Waals surface area contributed by atoms with Crippen LogP contribution in [-0.2, 0) is 16.4 Å². The first kappa shape index (κ1) is 17.0. The van der Waals surface area contributed by atoms with Crippen LogP contribution in [-0.4, -0.2) is 33.6 Å². The quantitative estimate of drug-likeness (QED) is 0.711. The van der Waals surface area contributed by atoms with Crippen molar-refractivity contribution in [3.05, 3.63) is 29.8 Å². The van der Waals surface area contributed by atoms with Crippen molar-refractivity contribution in [2.24, 2.45) is 5.92 Å². The molecule has 0 aliphatic heterocycles. The maximum Gasteiger partial charge on any atom is 0.147 e. The molecule has 0 aromatic heterocycles. The predicted molar refractivity (Wildman–Crippen MR) is 82.8 cm³/mol. The lowest BCUT2D eigenvalue weighted by Gasteiger charge is -2.10. The van der Waals surface area contributed by atoms with Gasteiger partial charge >= 0.3 is 0 Å². The number of nitrogens with one attached hydrogen (secondary N) is 1. The van der Waals surface area contributed by atoms with Gasteiger partial charge in [0.15, 0.2) is 0 Å². The summed E-state index contributed by atoms with van der Waals surface area (Å²) >= 11 is 0. The molecule has 0 aliphatic carbocycles. The summed E-state index contributed by atoms with van der Waals surface area (Å²) in [5.74, 6) is 1.59. The second-order valence-corrected chi connectivity index (χ2v) is 7.76. The van der Waals surface area contributed by atoms with E-state index in [-0.39, 0.29) is 5.75 Å². The third-order valence-electron chi connectivity index (χ3n) is 2.71. The summed E-state index contributed by atoms with van der Waals surface area (Å²) in [6, 6.07) is 7.90. The van der Waals surface area contributed by atoms with Gasteiger partial charge in [-0.25, -0.2) is 8.42 Å². The lowest BCUT2D eigenvalue weighted by Crippen LogP contribution is -2.18. The van der Waals surface area contributed by atoms with Gasteiger partial charge in [-0.05, 0) is 36.6 Å². The number of sulfone groups is 1. The Balaban J connectivity index is 2.36. The molecule has 20 heavy (non-hydrogen) atoms. The Morgan fingerprint density at radius 3 is 2.70 bits per heavy atom. The molecule has 0 aliphatic rings. The molecule has 0 heterocycles. The highest BCUT2D eigenvalue weighted by atomic mass is 32.2. The zero-order valence-electron chi connectivity index (χ0n) is 12.6. The van der Waals surface area contributed by atoms with E-state index in [1.165, 1.54) is 11.8 Å². The molecule has 0 saturated heterocycles. The van der Waals surface area contributed by atoms with Gasteiger partial charge in [-0.3, -0.25) is 0 Å². The van der Waals surface area contributed by atoms with Crippen LogP contribution in [0.1, 0.15) is 25.8 Å². The van der Waals surface area contributed by atoms with E-state index in [0.717, 1.165) is 18.8 Å². The maximum absolute atomic E-state index is 11.0. The van der Waals surface area contributed by atoms with Crippen LogP contribution in [0.3, 0.4) is 0 Å². The van der Waals surface area contributed by atoms with Crippen molar-refractivity contribution < 1.29 is 13.2 Å². The van der Waals surface area contributed by atoms with Gasteiger partial charge in [-0.1, -0.05) is 26.0 Å². The van der Waals surface area contributed by atoms with Crippen LogP contribution < -0.4 is 10.1 Å². The molecule has 114 valence electrons. The molecule has 0 bridgehead atoms. The topological polar surface area (TPSA) is 55.4 Å². The van der Waals surface area contributed by atoms with Gasteiger partial charge in [0.2, 0.25) is 0 Å². The third kappa shape index (κ3) is 8.17. The minimum atomic E-state index is -2.90. The molecule has 0 fully saturated rings. The first-order valence-corrected chi connectivity index (χ1v) is 9.03. The molecule has 1 N–H and O–H groups in total. The average Bonchev–Trinajstić information content (AvgIpc) is 2.34. The van der Waals surface area contributed by atoms with Crippen LogP contribution in [0.2, 0.25) is 0 Å². The smallest absolute Gasteiger partial charge is 0.147 e. The summed E-state index contributed by atoms with van der Waals surface area (Å²) in [6.45, 7) is 6.58. The highest BCUT2D eigenvalue weighted by Gasteiger charge is 2.02. The fraction of sp³-hybridized carbons (Fsp3) is 0.600. The molecule has 0 atom stereocenters.